The Morgan fingerprint density at radius 1 is 1.11 bits per heavy atom. The van der Waals surface area contributed by atoms with Crippen molar-refractivity contribution < 1.29 is 9.32 Å². The molecule has 138 valence electrons. The molecule has 0 N–H and O–H groups in total. The van der Waals surface area contributed by atoms with E-state index in [4.69, 9.17) is 4.52 Å². The molecule has 0 aliphatic carbocycles. The predicted molar refractivity (Wildman–Crippen MR) is 106 cm³/mol. The van der Waals surface area contributed by atoms with Gasteiger partial charge in [-0.15, -0.1) is 0 Å². The average molecular weight is 361 g/mol. The Balaban J connectivity index is 1.72. The van der Waals surface area contributed by atoms with Crippen LogP contribution in [0.2, 0.25) is 0 Å². The van der Waals surface area contributed by atoms with Crippen LogP contribution >= 0.6 is 0 Å². The molecule has 2 aromatic carbocycles. The molecule has 3 aromatic rings. The van der Waals surface area contributed by atoms with Gasteiger partial charge < -0.3 is 9.42 Å². The van der Waals surface area contributed by atoms with Crippen molar-refractivity contribution in [2.24, 2.45) is 0 Å². The third-order valence-electron chi connectivity index (χ3n) is 4.21. The van der Waals surface area contributed by atoms with E-state index in [0.717, 1.165) is 11.1 Å². The molecule has 0 aliphatic rings. The van der Waals surface area contributed by atoms with Gasteiger partial charge in [0.15, 0.2) is 0 Å². The normalized spacial score (nSPS) is 11.3. The van der Waals surface area contributed by atoms with Crippen molar-refractivity contribution >= 4 is 12.0 Å². The molecule has 0 unspecified atom stereocenters. The Morgan fingerprint density at radius 2 is 1.81 bits per heavy atom. The SMILES string of the molecule is Cc1ccc(-c2noc(CN(C(=O)C=Cc3ccccc3)C(C)C)n2)cc1. The standard InChI is InChI=1S/C22H23N3O2/c1-16(2)25(21(26)14-11-18-7-5-4-6-8-18)15-20-23-22(24-27-20)19-12-9-17(3)10-13-19/h4-14,16H,15H2,1-3H3. The van der Waals surface area contributed by atoms with Crippen LogP contribution in [-0.4, -0.2) is 27.0 Å². The Bertz CT molecular complexity index is 912. The Hall–Kier alpha value is -3.21. The van der Waals surface area contributed by atoms with Crippen LogP contribution in [0.25, 0.3) is 17.5 Å². The van der Waals surface area contributed by atoms with Gasteiger partial charge in [-0.1, -0.05) is 65.3 Å². The molecule has 1 amide bonds. The van der Waals surface area contributed by atoms with Crippen LogP contribution in [-0.2, 0) is 11.3 Å². The second kappa shape index (κ2) is 8.45. The van der Waals surface area contributed by atoms with Gasteiger partial charge in [-0.05, 0) is 32.4 Å². The number of amides is 1. The number of rotatable bonds is 6. The minimum absolute atomic E-state index is 0.00708. The number of carbonyl (C=O) groups excluding carboxylic acids is 1. The van der Waals surface area contributed by atoms with Crippen molar-refractivity contribution in [2.75, 3.05) is 0 Å². The summed E-state index contributed by atoms with van der Waals surface area (Å²) in [6.45, 7) is 6.23. The number of aryl methyl sites for hydroxylation is 1. The van der Waals surface area contributed by atoms with Gasteiger partial charge in [0.2, 0.25) is 17.6 Å². The molecule has 0 bridgehead atoms. The van der Waals surface area contributed by atoms with Gasteiger partial charge in [0.25, 0.3) is 0 Å². The molecule has 0 atom stereocenters. The second-order valence-electron chi connectivity index (χ2n) is 6.68. The molecule has 0 fully saturated rings. The lowest BCUT2D eigenvalue weighted by atomic mass is 10.1. The monoisotopic (exact) mass is 361 g/mol. The molecule has 0 aliphatic heterocycles. The number of hydrogen-bond acceptors (Lipinski definition) is 4. The van der Waals surface area contributed by atoms with Gasteiger partial charge in [-0.25, -0.2) is 0 Å². The lowest BCUT2D eigenvalue weighted by molar-refractivity contribution is -0.128. The van der Waals surface area contributed by atoms with Crippen LogP contribution < -0.4 is 0 Å². The molecule has 3 rings (SSSR count). The summed E-state index contributed by atoms with van der Waals surface area (Å²) < 4.78 is 5.36. The van der Waals surface area contributed by atoms with Crippen LogP contribution in [0.1, 0.15) is 30.9 Å². The molecular formula is C22H23N3O2. The average Bonchev–Trinajstić information content (AvgIpc) is 3.14. The lowest BCUT2D eigenvalue weighted by Gasteiger charge is -2.23. The minimum Gasteiger partial charge on any atom is -0.337 e. The molecule has 27 heavy (non-hydrogen) atoms. The Morgan fingerprint density at radius 3 is 2.48 bits per heavy atom. The maximum atomic E-state index is 12.6. The quantitative estimate of drug-likeness (QED) is 0.607. The molecule has 0 saturated heterocycles. The van der Waals surface area contributed by atoms with Crippen molar-refractivity contribution in [3.8, 4) is 11.4 Å². The van der Waals surface area contributed by atoms with Crippen molar-refractivity contribution in [2.45, 2.75) is 33.4 Å². The fourth-order valence-electron chi connectivity index (χ4n) is 2.63. The molecular weight excluding hydrogens is 338 g/mol. The summed E-state index contributed by atoms with van der Waals surface area (Å²) in [7, 11) is 0. The first-order valence-electron chi connectivity index (χ1n) is 8.96. The summed E-state index contributed by atoms with van der Waals surface area (Å²) in [5, 5.41) is 4.04. The first kappa shape index (κ1) is 18.6. The predicted octanol–water partition coefficient (Wildman–Crippen LogP) is 4.50. The summed E-state index contributed by atoms with van der Waals surface area (Å²) in [6.07, 6.45) is 3.38. The molecule has 0 spiro atoms. The van der Waals surface area contributed by atoms with E-state index >= 15 is 0 Å². The van der Waals surface area contributed by atoms with Crippen molar-refractivity contribution in [3.63, 3.8) is 0 Å². The van der Waals surface area contributed by atoms with E-state index < -0.39 is 0 Å². The van der Waals surface area contributed by atoms with Crippen LogP contribution in [0.4, 0.5) is 0 Å². The van der Waals surface area contributed by atoms with E-state index in [1.54, 1.807) is 11.0 Å². The smallest absolute Gasteiger partial charge is 0.247 e. The number of carbonyl (C=O) groups is 1. The zero-order valence-corrected chi connectivity index (χ0v) is 15.8. The number of nitrogens with zero attached hydrogens (tertiary/aromatic N) is 3. The van der Waals surface area contributed by atoms with E-state index in [1.807, 2.05) is 81.4 Å². The third kappa shape index (κ3) is 4.91. The van der Waals surface area contributed by atoms with Crippen LogP contribution in [0.5, 0.6) is 0 Å². The van der Waals surface area contributed by atoms with Crippen molar-refractivity contribution in [1.29, 1.82) is 0 Å². The summed E-state index contributed by atoms with van der Waals surface area (Å²) >= 11 is 0. The molecule has 0 radical (unpaired) electrons. The maximum Gasteiger partial charge on any atom is 0.247 e. The highest BCUT2D eigenvalue weighted by Crippen LogP contribution is 2.17. The summed E-state index contributed by atoms with van der Waals surface area (Å²) in [5.41, 5.74) is 3.04. The molecule has 5 nitrogen and oxygen atoms in total. The maximum absolute atomic E-state index is 12.6. The van der Waals surface area contributed by atoms with Gasteiger partial charge in [0, 0.05) is 17.7 Å². The van der Waals surface area contributed by atoms with E-state index in [2.05, 4.69) is 10.1 Å². The van der Waals surface area contributed by atoms with Gasteiger partial charge >= 0.3 is 0 Å². The zero-order chi connectivity index (χ0) is 19.2. The topological polar surface area (TPSA) is 59.2 Å². The summed E-state index contributed by atoms with van der Waals surface area (Å²) in [5.74, 6) is 0.852. The number of aromatic nitrogens is 2. The highest BCUT2D eigenvalue weighted by molar-refractivity contribution is 5.91. The summed E-state index contributed by atoms with van der Waals surface area (Å²) in [6, 6.07) is 17.7. The Labute approximate surface area is 159 Å². The fourth-order valence-corrected chi connectivity index (χ4v) is 2.63. The highest BCUT2D eigenvalue weighted by atomic mass is 16.5. The third-order valence-corrected chi connectivity index (χ3v) is 4.21. The van der Waals surface area contributed by atoms with Crippen LogP contribution in [0, 0.1) is 6.92 Å². The fraction of sp³-hybridized carbons (Fsp3) is 0.227. The summed E-state index contributed by atoms with van der Waals surface area (Å²) in [4.78, 5) is 18.8. The largest absolute Gasteiger partial charge is 0.337 e. The van der Waals surface area contributed by atoms with Crippen LogP contribution in [0.3, 0.4) is 0 Å². The first-order valence-corrected chi connectivity index (χ1v) is 8.96. The molecule has 0 saturated carbocycles. The van der Waals surface area contributed by atoms with E-state index in [-0.39, 0.29) is 18.5 Å². The first-order chi connectivity index (χ1) is 13.0. The van der Waals surface area contributed by atoms with Gasteiger partial charge in [0.05, 0.1) is 0 Å². The van der Waals surface area contributed by atoms with E-state index in [9.17, 15) is 4.79 Å². The second-order valence-corrected chi connectivity index (χ2v) is 6.68. The Kier molecular flexibility index (Phi) is 5.81. The molecule has 1 aromatic heterocycles. The van der Waals surface area contributed by atoms with Gasteiger partial charge in [0.1, 0.15) is 6.54 Å². The van der Waals surface area contributed by atoms with Gasteiger partial charge in [-0.3, -0.25) is 4.79 Å². The zero-order valence-electron chi connectivity index (χ0n) is 15.8. The lowest BCUT2D eigenvalue weighted by Crippen LogP contribution is -2.35. The number of hydrogen-bond donors (Lipinski definition) is 0. The number of benzene rings is 2. The van der Waals surface area contributed by atoms with E-state index in [0.29, 0.717) is 11.7 Å². The van der Waals surface area contributed by atoms with Crippen molar-refractivity contribution in [3.05, 3.63) is 77.7 Å². The van der Waals surface area contributed by atoms with Gasteiger partial charge in [-0.2, -0.15) is 4.98 Å². The molecule has 5 heteroatoms. The van der Waals surface area contributed by atoms with Crippen molar-refractivity contribution in [1.82, 2.24) is 15.0 Å². The minimum atomic E-state index is -0.0936. The highest BCUT2D eigenvalue weighted by Gasteiger charge is 2.19. The molecule has 1 heterocycles. The van der Waals surface area contributed by atoms with E-state index in [1.165, 1.54) is 5.56 Å². The van der Waals surface area contributed by atoms with Crippen LogP contribution in [0.15, 0.2) is 65.2 Å².